The van der Waals surface area contributed by atoms with Crippen LogP contribution in [0.1, 0.15) is 32.6 Å². The summed E-state index contributed by atoms with van der Waals surface area (Å²) in [6, 6.07) is 11.8. The van der Waals surface area contributed by atoms with E-state index < -0.39 is 0 Å². The molecule has 0 aliphatic heterocycles. The van der Waals surface area contributed by atoms with Crippen LogP contribution in [0.5, 0.6) is 0 Å². The molecule has 3 nitrogen and oxygen atoms in total. The van der Waals surface area contributed by atoms with E-state index in [4.69, 9.17) is 0 Å². The first-order valence-corrected chi connectivity index (χ1v) is 7.79. The first-order chi connectivity index (χ1) is 11.7. The number of aryl methyl sites for hydroxylation is 1. The minimum atomic E-state index is 0.685. The van der Waals surface area contributed by atoms with Gasteiger partial charge in [0.25, 0.3) is 0 Å². The van der Waals surface area contributed by atoms with Gasteiger partial charge in [0, 0.05) is 23.5 Å². The maximum Gasteiger partial charge on any atom is 0.150 e. The molecule has 0 atom stereocenters. The number of hydrogen-bond acceptors (Lipinski definition) is 3. The highest BCUT2D eigenvalue weighted by atomic mass is 16.1. The second-order valence-electron chi connectivity index (χ2n) is 5.68. The number of aromatic nitrogens is 2. The maximum absolute atomic E-state index is 11.0. The largest absolute Gasteiger partial charge is 0.298 e. The molecule has 0 saturated carbocycles. The number of aldehydes is 1. The predicted octanol–water partition coefficient (Wildman–Crippen LogP) is 4.74. The molecule has 3 heteroatoms. The molecule has 0 unspecified atom stereocenters. The number of nitrogens with zero attached hydrogens (tertiary/aromatic N) is 2. The lowest BCUT2D eigenvalue weighted by Gasteiger charge is -2.08. The Morgan fingerprint density at radius 1 is 0.958 bits per heavy atom. The van der Waals surface area contributed by atoms with Gasteiger partial charge in [-0.1, -0.05) is 42.5 Å². The van der Waals surface area contributed by atoms with Crippen molar-refractivity contribution in [3.63, 3.8) is 0 Å². The molecule has 0 bridgehead atoms. The number of hydrogen-bond donors (Lipinski definition) is 0. The van der Waals surface area contributed by atoms with Gasteiger partial charge in [-0.3, -0.25) is 14.8 Å². The second kappa shape index (κ2) is 7.01. The average Bonchev–Trinajstić information content (AvgIpc) is 2.63. The summed E-state index contributed by atoms with van der Waals surface area (Å²) in [7, 11) is 0. The Balaban J connectivity index is 1.98. The maximum atomic E-state index is 11.0. The van der Waals surface area contributed by atoms with Gasteiger partial charge in [-0.15, -0.1) is 0 Å². The SMILES string of the molecule is Cc1ccc(C=O)cc1/C=C/c1cccc(-c2cnccn2)c1C. The van der Waals surface area contributed by atoms with Gasteiger partial charge in [-0.25, -0.2) is 0 Å². The fourth-order valence-corrected chi connectivity index (χ4v) is 2.64. The summed E-state index contributed by atoms with van der Waals surface area (Å²) in [5, 5.41) is 0. The quantitative estimate of drug-likeness (QED) is 0.516. The lowest BCUT2D eigenvalue weighted by Crippen LogP contribution is -1.90. The summed E-state index contributed by atoms with van der Waals surface area (Å²) in [6.45, 7) is 4.12. The molecule has 0 radical (unpaired) electrons. The van der Waals surface area contributed by atoms with Crippen LogP contribution < -0.4 is 0 Å². The van der Waals surface area contributed by atoms with Gasteiger partial charge in [0.15, 0.2) is 0 Å². The van der Waals surface area contributed by atoms with Crippen LogP contribution in [0.3, 0.4) is 0 Å². The topological polar surface area (TPSA) is 42.9 Å². The van der Waals surface area contributed by atoms with Gasteiger partial charge >= 0.3 is 0 Å². The van der Waals surface area contributed by atoms with Crippen molar-refractivity contribution in [3.05, 3.63) is 82.8 Å². The van der Waals surface area contributed by atoms with Crippen LogP contribution in [0, 0.1) is 13.8 Å². The first-order valence-electron chi connectivity index (χ1n) is 7.79. The van der Waals surface area contributed by atoms with Crippen LogP contribution in [0.4, 0.5) is 0 Å². The van der Waals surface area contributed by atoms with Crippen molar-refractivity contribution in [2.75, 3.05) is 0 Å². The Hall–Kier alpha value is -3.07. The highest BCUT2D eigenvalue weighted by molar-refractivity contribution is 5.80. The van der Waals surface area contributed by atoms with Crippen LogP contribution in [0.25, 0.3) is 23.4 Å². The molecular weight excluding hydrogens is 296 g/mol. The minimum Gasteiger partial charge on any atom is -0.298 e. The molecule has 24 heavy (non-hydrogen) atoms. The fourth-order valence-electron chi connectivity index (χ4n) is 2.64. The third-order valence-corrected chi connectivity index (χ3v) is 4.10. The van der Waals surface area contributed by atoms with Crippen LogP contribution in [0.2, 0.25) is 0 Å². The molecular formula is C21H18N2O. The summed E-state index contributed by atoms with van der Waals surface area (Å²) in [5.41, 5.74) is 7.08. The second-order valence-corrected chi connectivity index (χ2v) is 5.68. The molecule has 3 rings (SSSR count). The van der Waals surface area contributed by atoms with E-state index in [0.29, 0.717) is 5.56 Å². The van der Waals surface area contributed by atoms with Gasteiger partial charge < -0.3 is 0 Å². The Bertz CT molecular complexity index is 899. The van der Waals surface area contributed by atoms with Crippen molar-refractivity contribution in [1.29, 1.82) is 0 Å². The van der Waals surface area contributed by atoms with E-state index in [2.05, 4.69) is 35.1 Å². The molecule has 0 fully saturated rings. The molecule has 3 aromatic rings. The Kier molecular flexibility index (Phi) is 4.62. The molecule has 0 amide bonds. The highest BCUT2D eigenvalue weighted by Gasteiger charge is 2.06. The fraction of sp³-hybridized carbons (Fsp3) is 0.0952. The molecule has 0 spiro atoms. The van der Waals surface area contributed by atoms with Crippen molar-refractivity contribution in [3.8, 4) is 11.3 Å². The third kappa shape index (κ3) is 3.30. The van der Waals surface area contributed by atoms with Crippen molar-refractivity contribution in [2.45, 2.75) is 13.8 Å². The van der Waals surface area contributed by atoms with E-state index in [-0.39, 0.29) is 0 Å². The summed E-state index contributed by atoms with van der Waals surface area (Å²) in [6.07, 6.45) is 10.1. The van der Waals surface area contributed by atoms with Gasteiger partial charge in [0.05, 0.1) is 11.9 Å². The van der Waals surface area contributed by atoms with Crippen molar-refractivity contribution < 1.29 is 4.79 Å². The van der Waals surface area contributed by atoms with E-state index in [1.165, 1.54) is 0 Å². The van der Waals surface area contributed by atoms with Gasteiger partial charge in [0.1, 0.15) is 6.29 Å². The third-order valence-electron chi connectivity index (χ3n) is 4.10. The number of carbonyl (C=O) groups excluding carboxylic acids is 1. The Labute approximate surface area is 141 Å². The van der Waals surface area contributed by atoms with Crippen molar-refractivity contribution in [2.24, 2.45) is 0 Å². The van der Waals surface area contributed by atoms with E-state index in [0.717, 1.165) is 39.8 Å². The van der Waals surface area contributed by atoms with Crippen LogP contribution in [-0.4, -0.2) is 16.3 Å². The van der Waals surface area contributed by atoms with Crippen molar-refractivity contribution >= 4 is 18.4 Å². The summed E-state index contributed by atoms with van der Waals surface area (Å²) < 4.78 is 0. The molecule has 0 aliphatic rings. The average molecular weight is 314 g/mol. The van der Waals surface area contributed by atoms with Crippen molar-refractivity contribution in [1.82, 2.24) is 9.97 Å². The zero-order valence-corrected chi connectivity index (χ0v) is 13.7. The molecule has 0 aliphatic carbocycles. The summed E-state index contributed by atoms with van der Waals surface area (Å²) >= 11 is 0. The molecule has 118 valence electrons. The zero-order chi connectivity index (χ0) is 16.9. The molecule has 0 saturated heterocycles. The Morgan fingerprint density at radius 3 is 2.54 bits per heavy atom. The van der Waals surface area contributed by atoms with E-state index in [1.807, 2.05) is 37.3 Å². The molecule has 1 aromatic heterocycles. The van der Waals surface area contributed by atoms with Crippen LogP contribution in [0.15, 0.2) is 55.0 Å². The number of carbonyl (C=O) groups is 1. The predicted molar refractivity (Wildman–Crippen MR) is 97.7 cm³/mol. The lowest BCUT2D eigenvalue weighted by molar-refractivity contribution is 0.112. The van der Waals surface area contributed by atoms with E-state index in [1.54, 1.807) is 18.6 Å². The molecule has 0 N–H and O–H groups in total. The smallest absolute Gasteiger partial charge is 0.150 e. The normalized spacial score (nSPS) is 10.9. The standard InChI is InChI=1S/C21H18N2O/c1-15-6-7-17(14-24)12-19(15)9-8-18-4-3-5-20(16(18)2)21-13-22-10-11-23-21/h3-14H,1-2H3/b9-8+. The zero-order valence-electron chi connectivity index (χ0n) is 13.7. The monoisotopic (exact) mass is 314 g/mol. The van der Waals surface area contributed by atoms with E-state index in [9.17, 15) is 4.79 Å². The van der Waals surface area contributed by atoms with Crippen LogP contribution in [-0.2, 0) is 0 Å². The molecule has 2 aromatic carbocycles. The summed E-state index contributed by atoms with van der Waals surface area (Å²) in [4.78, 5) is 19.5. The van der Waals surface area contributed by atoms with Crippen LogP contribution >= 0.6 is 0 Å². The number of benzene rings is 2. The minimum absolute atomic E-state index is 0.685. The van der Waals surface area contributed by atoms with E-state index >= 15 is 0 Å². The summed E-state index contributed by atoms with van der Waals surface area (Å²) in [5.74, 6) is 0. The van der Waals surface area contributed by atoms with Gasteiger partial charge in [-0.05, 0) is 42.2 Å². The Morgan fingerprint density at radius 2 is 1.79 bits per heavy atom. The number of rotatable bonds is 4. The highest BCUT2D eigenvalue weighted by Crippen LogP contribution is 2.25. The first kappa shape index (κ1) is 15.8. The van der Waals surface area contributed by atoms with Gasteiger partial charge in [-0.2, -0.15) is 0 Å². The molecule has 1 heterocycles. The van der Waals surface area contributed by atoms with Gasteiger partial charge in [0.2, 0.25) is 0 Å². The lowest BCUT2D eigenvalue weighted by atomic mass is 9.98.